The predicted octanol–water partition coefficient (Wildman–Crippen LogP) is 4.60. The van der Waals surface area contributed by atoms with Crippen LogP contribution in [0.2, 0.25) is 0 Å². The van der Waals surface area contributed by atoms with E-state index in [0.29, 0.717) is 13.0 Å². The lowest BCUT2D eigenvalue weighted by Crippen LogP contribution is -2.45. The zero-order valence-electron chi connectivity index (χ0n) is 24.7. The summed E-state index contributed by atoms with van der Waals surface area (Å²) in [4.78, 5) is 14.3. The minimum atomic E-state index is -0.539. The van der Waals surface area contributed by atoms with Crippen LogP contribution in [0, 0.1) is 17.3 Å². The van der Waals surface area contributed by atoms with Gasteiger partial charge < -0.3 is 9.84 Å². The van der Waals surface area contributed by atoms with Crippen LogP contribution in [-0.4, -0.2) is 38.8 Å². The molecule has 3 aromatic heterocycles. The average molecular weight is 558 g/mol. The number of nitrogens with zero attached hydrogens (tertiary/aromatic N) is 5. The number of fused-ring (bicyclic) bond motifs is 1. The van der Waals surface area contributed by atoms with E-state index in [1.54, 1.807) is 4.80 Å². The molecule has 1 N–H and O–H groups in total. The monoisotopic (exact) mass is 557 g/mol. The number of pyridine rings is 2. The van der Waals surface area contributed by atoms with Crippen molar-refractivity contribution < 1.29 is 23.8 Å². The first kappa shape index (κ1) is 28.9. The second-order valence-electron chi connectivity index (χ2n) is 12.6. The van der Waals surface area contributed by atoms with Crippen LogP contribution in [0.15, 0.2) is 73.3 Å². The molecule has 8 nitrogen and oxygen atoms in total. The smallest absolute Gasteiger partial charge is 0.305 e. The van der Waals surface area contributed by atoms with Crippen molar-refractivity contribution in [2.24, 2.45) is 24.3 Å². The molecule has 4 aromatic rings. The second kappa shape index (κ2) is 12.5. The van der Waals surface area contributed by atoms with Crippen molar-refractivity contribution in [3.63, 3.8) is 0 Å². The van der Waals surface area contributed by atoms with Crippen molar-refractivity contribution >= 4 is 17.0 Å². The van der Waals surface area contributed by atoms with Gasteiger partial charge in [-0.3, -0.25) is 4.79 Å². The van der Waals surface area contributed by atoms with Crippen molar-refractivity contribution in [3.05, 3.63) is 73.3 Å². The van der Waals surface area contributed by atoms with Crippen LogP contribution in [-0.2, 0) is 23.1 Å². The first-order chi connectivity index (χ1) is 19.7. The van der Waals surface area contributed by atoms with Gasteiger partial charge in [-0.1, -0.05) is 32.9 Å². The first-order valence-electron chi connectivity index (χ1n) is 14.8. The summed E-state index contributed by atoms with van der Waals surface area (Å²) in [6.07, 6.45) is 11.2. The summed E-state index contributed by atoms with van der Waals surface area (Å²) in [5.41, 5.74) is 3.95. The second-order valence-corrected chi connectivity index (χ2v) is 12.6. The maximum atomic E-state index is 12.6. The van der Waals surface area contributed by atoms with Crippen molar-refractivity contribution in [2.45, 2.75) is 71.6 Å². The van der Waals surface area contributed by atoms with Gasteiger partial charge in [0.25, 0.3) is 0 Å². The fraction of sp³-hybridized carbons (Fsp3) is 0.485. The maximum Gasteiger partial charge on any atom is 0.305 e. The SMILES string of the molecule is C[n+]1ccc(-c2cc[n+](CCCOC(=O)CCC3CC(n4nc5ccccc5n4)C(O)C(C(C)(C)C)C3)cc2)cc1. The predicted molar refractivity (Wildman–Crippen MR) is 156 cm³/mol. The van der Waals surface area contributed by atoms with Crippen LogP contribution in [0.4, 0.5) is 0 Å². The number of hydrogen-bond donors (Lipinski definition) is 1. The van der Waals surface area contributed by atoms with Gasteiger partial charge in [0.05, 0.1) is 18.8 Å². The molecule has 1 aliphatic rings. The van der Waals surface area contributed by atoms with Crippen molar-refractivity contribution in [1.82, 2.24) is 15.0 Å². The fourth-order valence-electron chi connectivity index (χ4n) is 6.02. The fourth-order valence-corrected chi connectivity index (χ4v) is 6.02. The molecule has 1 aliphatic carbocycles. The lowest BCUT2D eigenvalue weighted by atomic mass is 9.65. The highest BCUT2D eigenvalue weighted by atomic mass is 16.5. The van der Waals surface area contributed by atoms with E-state index in [0.717, 1.165) is 43.3 Å². The number of aryl methyl sites for hydroxylation is 2. The Morgan fingerprint density at radius 2 is 1.59 bits per heavy atom. The van der Waals surface area contributed by atoms with E-state index in [4.69, 9.17) is 4.74 Å². The van der Waals surface area contributed by atoms with Crippen LogP contribution >= 0.6 is 0 Å². The molecule has 0 spiro atoms. The molecule has 1 fully saturated rings. The molecule has 8 heteroatoms. The number of aliphatic hydroxyl groups is 1. The Balaban J connectivity index is 1.10. The summed E-state index contributed by atoms with van der Waals surface area (Å²) in [6.45, 7) is 7.72. The number of carbonyl (C=O) groups is 1. The third-order valence-corrected chi connectivity index (χ3v) is 8.46. The molecule has 0 radical (unpaired) electrons. The molecule has 0 aliphatic heterocycles. The third kappa shape index (κ3) is 7.17. The largest absolute Gasteiger partial charge is 0.465 e. The summed E-state index contributed by atoms with van der Waals surface area (Å²) in [6, 6.07) is 16.0. The minimum absolute atomic E-state index is 0.0709. The average Bonchev–Trinajstić information content (AvgIpc) is 3.39. The van der Waals surface area contributed by atoms with E-state index in [-0.39, 0.29) is 29.3 Å². The van der Waals surface area contributed by atoms with E-state index < -0.39 is 6.10 Å². The lowest BCUT2D eigenvalue weighted by molar-refractivity contribution is -0.697. The summed E-state index contributed by atoms with van der Waals surface area (Å²) >= 11 is 0. The zero-order chi connectivity index (χ0) is 29.0. The maximum absolute atomic E-state index is 12.6. The highest BCUT2D eigenvalue weighted by Crippen LogP contribution is 2.45. The molecule has 4 atom stereocenters. The number of esters is 1. The number of aromatic nitrogens is 5. The molecule has 0 bridgehead atoms. The number of carbonyl (C=O) groups excluding carboxylic acids is 1. The van der Waals surface area contributed by atoms with E-state index in [2.05, 4.69) is 72.2 Å². The number of ether oxygens (including phenoxy) is 1. The molecule has 1 saturated carbocycles. The highest BCUT2D eigenvalue weighted by Gasteiger charge is 2.43. The van der Waals surface area contributed by atoms with Crippen LogP contribution in [0.5, 0.6) is 0 Å². The number of benzene rings is 1. The third-order valence-electron chi connectivity index (χ3n) is 8.46. The van der Waals surface area contributed by atoms with Gasteiger partial charge in [-0.05, 0) is 59.8 Å². The highest BCUT2D eigenvalue weighted by molar-refractivity contribution is 5.73. The molecule has 3 heterocycles. The quantitative estimate of drug-likeness (QED) is 0.185. The Hall–Kier alpha value is -3.65. The molecule has 216 valence electrons. The Morgan fingerprint density at radius 3 is 2.20 bits per heavy atom. The van der Waals surface area contributed by atoms with E-state index >= 15 is 0 Å². The molecule has 41 heavy (non-hydrogen) atoms. The summed E-state index contributed by atoms with van der Waals surface area (Å²) in [5.74, 6) is 0.223. The topological polar surface area (TPSA) is 85.0 Å². The number of hydrogen-bond acceptors (Lipinski definition) is 5. The first-order valence-corrected chi connectivity index (χ1v) is 14.8. The van der Waals surface area contributed by atoms with Gasteiger partial charge in [-0.15, -0.1) is 0 Å². The van der Waals surface area contributed by atoms with Crippen LogP contribution in [0.3, 0.4) is 0 Å². The van der Waals surface area contributed by atoms with Gasteiger partial charge in [-0.2, -0.15) is 15.0 Å². The van der Waals surface area contributed by atoms with E-state index in [1.165, 1.54) is 11.1 Å². The van der Waals surface area contributed by atoms with Crippen LogP contribution in [0.1, 0.15) is 58.9 Å². The van der Waals surface area contributed by atoms with E-state index in [1.807, 2.05) is 48.3 Å². The Kier molecular flexibility index (Phi) is 8.78. The molecular weight excluding hydrogens is 514 g/mol. The van der Waals surface area contributed by atoms with Crippen LogP contribution < -0.4 is 9.13 Å². The molecule has 1 aromatic carbocycles. The Morgan fingerprint density at radius 1 is 0.976 bits per heavy atom. The summed E-state index contributed by atoms with van der Waals surface area (Å²) < 4.78 is 9.73. The van der Waals surface area contributed by atoms with Crippen molar-refractivity contribution in [3.8, 4) is 11.1 Å². The lowest BCUT2D eigenvalue weighted by Gasteiger charge is -2.44. The molecule has 5 rings (SSSR count). The van der Waals surface area contributed by atoms with Gasteiger partial charge in [0.15, 0.2) is 31.3 Å². The van der Waals surface area contributed by atoms with Crippen LogP contribution in [0.25, 0.3) is 22.2 Å². The summed E-state index contributed by atoms with van der Waals surface area (Å²) in [5, 5.41) is 20.7. The van der Waals surface area contributed by atoms with Gasteiger partial charge in [0, 0.05) is 37.1 Å². The number of rotatable bonds is 9. The Bertz CT molecular complexity index is 1410. The van der Waals surface area contributed by atoms with Crippen molar-refractivity contribution in [2.75, 3.05) is 6.61 Å². The molecule has 0 saturated heterocycles. The molecule has 0 amide bonds. The number of aliphatic hydroxyl groups excluding tert-OH is 1. The zero-order valence-corrected chi connectivity index (χ0v) is 24.7. The minimum Gasteiger partial charge on any atom is -0.465 e. The van der Waals surface area contributed by atoms with Gasteiger partial charge in [0.1, 0.15) is 18.1 Å². The normalized spacial score (nSPS) is 21.2. The molecule has 4 unspecified atom stereocenters. The van der Waals surface area contributed by atoms with E-state index in [9.17, 15) is 9.90 Å². The molecular formula is C33H43N5O3+2. The standard InChI is InChI=1S/C33H43N5O3/c1-33(2,3)27-22-24(23-30(32(27)40)38-34-28-8-5-6-9-29(28)35-38)10-11-31(39)41-21-7-16-37-19-14-26(15-20-37)25-12-17-36(4)18-13-25/h5-6,8-9,12-15,17-20,24,27,30,32,40H,7,10-11,16,21-23H2,1-4H3/q+2. The summed E-state index contributed by atoms with van der Waals surface area (Å²) in [7, 11) is 2.01. The van der Waals surface area contributed by atoms with Gasteiger partial charge >= 0.3 is 5.97 Å². The Labute approximate surface area is 242 Å². The van der Waals surface area contributed by atoms with Gasteiger partial charge in [0.2, 0.25) is 0 Å². The van der Waals surface area contributed by atoms with Gasteiger partial charge in [-0.25, -0.2) is 9.13 Å². The van der Waals surface area contributed by atoms with Crippen molar-refractivity contribution in [1.29, 1.82) is 0 Å².